The third kappa shape index (κ3) is 5.65. The van der Waals surface area contributed by atoms with Crippen LogP contribution in [0.1, 0.15) is 18.9 Å². The Morgan fingerprint density at radius 3 is 2.48 bits per heavy atom. The van der Waals surface area contributed by atoms with Crippen LogP contribution in [0.25, 0.3) is 10.8 Å². The smallest absolute Gasteiger partial charge is 0.277 e. The van der Waals surface area contributed by atoms with E-state index in [2.05, 4.69) is 15.8 Å². The molecule has 0 aromatic heterocycles. The van der Waals surface area contributed by atoms with Crippen LogP contribution < -0.4 is 15.5 Å². The molecule has 148 valence electrons. The Kier molecular flexibility index (Phi) is 6.58. The van der Waals surface area contributed by atoms with Crippen LogP contribution in [0.5, 0.6) is 5.75 Å². The average Bonchev–Trinajstić information content (AvgIpc) is 2.72. The molecule has 0 bridgehead atoms. The van der Waals surface area contributed by atoms with Crippen LogP contribution in [0.4, 0.5) is 5.69 Å². The lowest BCUT2D eigenvalue weighted by Gasteiger charge is -2.09. The standard InChI is InChI=1S/C23H23N3O3/c1-16-8-3-6-13-21(16)29-15-23(28)26-25-17(2)14-22(27)24-20-12-7-10-18-9-4-5-11-19(18)20/h3-13H,14-15H2,1-2H3,(H,24,27)(H,26,28)/b25-17-. The summed E-state index contributed by atoms with van der Waals surface area (Å²) in [7, 11) is 0. The summed E-state index contributed by atoms with van der Waals surface area (Å²) < 4.78 is 5.47. The van der Waals surface area contributed by atoms with Crippen molar-refractivity contribution in [1.82, 2.24) is 5.43 Å². The zero-order chi connectivity index (χ0) is 20.6. The molecule has 3 rings (SSSR count). The number of benzene rings is 3. The van der Waals surface area contributed by atoms with Gasteiger partial charge < -0.3 is 10.1 Å². The second-order valence-corrected chi connectivity index (χ2v) is 6.69. The number of anilines is 1. The fraction of sp³-hybridized carbons (Fsp3) is 0.174. The molecule has 0 saturated carbocycles. The second-order valence-electron chi connectivity index (χ2n) is 6.69. The topological polar surface area (TPSA) is 79.8 Å². The highest BCUT2D eigenvalue weighted by Gasteiger charge is 2.08. The normalized spacial score (nSPS) is 11.2. The van der Waals surface area contributed by atoms with Gasteiger partial charge in [0.15, 0.2) is 6.61 Å². The molecule has 29 heavy (non-hydrogen) atoms. The molecule has 0 heterocycles. The zero-order valence-electron chi connectivity index (χ0n) is 16.4. The highest BCUT2D eigenvalue weighted by Crippen LogP contribution is 2.23. The Bertz CT molecular complexity index is 1050. The number of hydrogen-bond acceptors (Lipinski definition) is 4. The van der Waals surface area contributed by atoms with E-state index in [0.717, 1.165) is 22.0 Å². The number of rotatable bonds is 7. The van der Waals surface area contributed by atoms with E-state index in [1.54, 1.807) is 13.0 Å². The lowest BCUT2D eigenvalue weighted by molar-refractivity contribution is -0.123. The third-order valence-electron chi connectivity index (χ3n) is 4.30. The van der Waals surface area contributed by atoms with Gasteiger partial charge in [0.05, 0.1) is 6.42 Å². The number of hydrogen-bond donors (Lipinski definition) is 2. The van der Waals surface area contributed by atoms with Gasteiger partial charge in [0.2, 0.25) is 5.91 Å². The van der Waals surface area contributed by atoms with Crippen LogP contribution in [0.3, 0.4) is 0 Å². The highest BCUT2D eigenvalue weighted by atomic mass is 16.5. The van der Waals surface area contributed by atoms with Crippen LogP contribution in [0.2, 0.25) is 0 Å². The van der Waals surface area contributed by atoms with Crippen molar-refractivity contribution in [3.63, 3.8) is 0 Å². The van der Waals surface area contributed by atoms with Gasteiger partial charge in [-0.25, -0.2) is 5.43 Å². The lowest BCUT2D eigenvalue weighted by Crippen LogP contribution is -2.26. The summed E-state index contributed by atoms with van der Waals surface area (Å²) in [5.74, 6) is 0.0629. The fourth-order valence-electron chi connectivity index (χ4n) is 2.85. The second kappa shape index (κ2) is 9.50. The van der Waals surface area contributed by atoms with Crippen molar-refractivity contribution in [2.75, 3.05) is 11.9 Å². The first kappa shape index (κ1) is 20.1. The Hall–Kier alpha value is -3.67. The van der Waals surface area contributed by atoms with Crippen LogP contribution in [-0.2, 0) is 9.59 Å². The largest absolute Gasteiger partial charge is 0.483 e. The summed E-state index contributed by atoms with van der Waals surface area (Å²) in [5.41, 5.74) is 4.60. The fourth-order valence-corrected chi connectivity index (χ4v) is 2.85. The number of ether oxygens (including phenoxy) is 1. The molecule has 2 amide bonds. The molecular formula is C23H23N3O3. The summed E-state index contributed by atoms with van der Waals surface area (Å²) >= 11 is 0. The predicted molar refractivity (Wildman–Crippen MR) is 115 cm³/mol. The van der Waals surface area contributed by atoms with Gasteiger partial charge in [0.1, 0.15) is 5.75 Å². The van der Waals surface area contributed by atoms with Crippen LogP contribution >= 0.6 is 0 Å². The van der Waals surface area contributed by atoms with Crippen LogP contribution in [0.15, 0.2) is 71.8 Å². The maximum atomic E-state index is 12.3. The number of aryl methyl sites for hydroxylation is 1. The molecule has 0 spiro atoms. The summed E-state index contributed by atoms with van der Waals surface area (Å²) in [6.45, 7) is 3.44. The molecule has 0 fully saturated rings. The summed E-state index contributed by atoms with van der Waals surface area (Å²) in [6.07, 6.45) is 0.0716. The van der Waals surface area contributed by atoms with E-state index in [4.69, 9.17) is 4.74 Å². The molecule has 0 radical (unpaired) electrons. The summed E-state index contributed by atoms with van der Waals surface area (Å²) in [4.78, 5) is 24.2. The Labute approximate surface area is 169 Å². The number of amides is 2. The number of para-hydroxylation sites is 1. The van der Waals surface area contributed by atoms with E-state index in [0.29, 0.717) is 11.5 Å². The van der Waals surface area contributed by atoms with Crippen molar-refractivity contribution in [3.05, 3.63) is 72.3 Å². The van der Waals surface area contributed by atoms with Gasteiger partial charge >= 0.3 is 0 Å². The van der Waals surface area contributed by atoms with Gasteiger partial charge in [-0.15, -0.1) is 0 Å². The summed E-state index contributed by atoms with van der Waals surface area (Å²) in [5, 5.41) is 8.90. The van der Waals surface area contributed by atoms with E-state index < -0.39 is 0 Å². The van der Waals surface area contributed by atoms with Gasteiger partial charge in [-0.3, -0.25) is 9.59 Å². The van der Waals surface area contributed by atoms with Crippen molar-refractivity contribution in [3.8, 4) is 5.75 Å². The minimum atomic E-state index is -0.387. The molecule has 3 aromatic rings. The molecule has 0 aliphatic carbocycles. The molecule has 0 unspecified atom stereocenters. The van der Waals surface area contributed by atoms with Gasteiger partial charge in [0, 0.05) is 16.8 Å². The Balaban J connectivity index is 1.50. The molecule has 6 heteroatoms. The molecule has 0 atom stereocenters. The lowest BCUT2D eigenvalue weighted by atomic mass is 10.1. The van der Waals surface area contributed by atoms with E-state index >= 15 is 0 Å². The molecule has 0 aliphatic rings. The monoisotopic (exact) mass is 389 g/mol. The number of fused-ring (bicyclic) bond motifs is 1. The van der Waals surface area contributed by atoms with Crippen LogP contribution in [-0.4, -0.2) is 24.1 Å². The molecule has 3 aromatic carbocycles. The highest BCUT2D eigenvalue weighted by molar-refractivity contribution is 6.09. The average molecular weight is 389 g/mol. The number of carbonyl (C=O) groups is 2. The first-order valence-electron chi connectivity index (χ1n) is 9.31. The van der Waals surface area contributed by atoms with Gasteiger partial charge in [-0.05, 0) is 36.9 Å². The number of carbonyl (C=O) groups excluding carboxylic acids is 2. The zero-order valence-corrected chi connectivity index (χ0v) is 16.4. The van der Waals surface area contributed by atoms with E-state index in [1.165, 1.54) is 0 Å². The first-order valence-corrected chi connectivity index (χ1v) is 9.31. The van der Waals surface area contributed by atoms with Crippen molar-refractivity contribution >= 4 is 34.0 Å². The van der Waals surface area contributed by atoms with E-state index in [1.807, 2.05) is 67.6 Å². The molecular weight excluding hydrogens is 366 g/mol. The summed E-state index contributed by atoms with van der Waals surface area (Å²) in [6, 6.07) is 21.0. The van der Waals surface area contributed by atoms with E-state index in [-0.39, 0.29) is 24.8 Å². The molecule has 6 nitrogen and oxygen atoms in total. The minimum Gasteiger partial charge on any atom is -0.483 e. The van der Waals surface area contributed by atoms with E-state index in [9.17, 15) is 9.59 Å². The minimum absolute atomic E-state index is 0.0716. The number of hydrazone groups is 1. The maximum absolute atomic E-state index is 12.3. The first-order chi connectivity index (χ1) is 14.0. The SMILES string of the molecule is C/C(CC(=O)Nc1cccc2ccccc12)=N/NC(=O)COc1ccccc1C. The molecule has 0 aliphatic heterocycles. The van der Waals surface area contributed by atoms with Crippen molar-refractivity contribution in [2.24, 2.45) is 5.10 Å². The number of nitrogens with zero attached hydrogens (tertiary/aromatic N) is 1. The molecule has 2 N–H and O–H groups in total. The maximum Gasteiger partial charge on any atom is 0.277 e. The Morgan fingerprint density at radius 1 is 0.931 bits per heavy atom. The van der Waals surface area contributed by atoms with Crippen molar-refractivity contribution in [2.45, 2.75) is 20.3 Å². The van der Waals surface area contributed by atoms with Crippen molar-refractivity contribution in [1.29, 1.82) is 0 Å². The van der Waals surface area contributed by atoms with Crippen molar-refractivity contribution < 1.29 is 14.3 Å². The predicted octanol–water partition coefficient (Wildman–Crippen LogP) is 4.05. The third-order valence-corrected chi connectivity index (χ3v) is 4.30. The quantitative estimate of drug-likeness (QED) is 0.473. The number of nitrogens with one attached hydrogen (secondary N) is 2. The van der Waals surface area contributed by atoms with Gasteiger partial charge in [-0.2, -0.15) is 5.10 Å². The van der Waals surface area contributed by atoms with Crippen LogP contribution in [0, 0.1) is 6.92 Å². The van der Waals surface area contributed by atoms with Gasteiger partial charge in [0.25, 0.3) is 5.91 Å². The van der Waals surface area contributed by atoms with Gasteiger partial charge in [-0.1, -0.05) is 54.6 Å². The molecule has 0 saturated heterocycles. The Morgan fingerprint density at radius 2 is 1.66 bits per heavy atom.